The van der Waals surface area contributed by atoms with E-state index >= 15 is 0 Å². The number of hydrogen-bond donors (Lipinski definition) is 3. The van der Waals surface area contributed by atoms with E-state index < -0.39 is 29.9 Å². The van der Waals surface area contributed by atoms with Crippen LogP contribution in [0.25, 0.3) is 0 Å². The van der Waals surface area contributed by atoms with E-state index in [1.54, 1.807) is 13.0 Å². The maximum absolute atomic E-state index is 13.3. The van der Waals surface area contributed by atoms with Gasteiger partial charge in [-0.05, 0) is 43.7 Å². The lowest BCUT2D eigenvalue weighted by Crippen LogP contribution is -2.44. The van der Waals surface area contributed by atoms with Crippen LogP contribution in [0.15, 0.2) is 34.7 Å². The second-order valence-electron chi connectivity index (χ2n) is 5.51. The molecule has 0 fully saturated rings. The van der Waals surface area contributed by atoms with E-state index in [2.05, 4.69) is 5.32 Å². The molecule has 1 heterocycles. The van der Waals surface area contributed by atoms with Crippen molar-refractivity contribution in [3.63, 3.8) is 0 Å². The summed E-state index contributed by atoms with van der Waals surface area (Å²) < 4.78 is 44.7. The number of phenolic OH excluding ortho intramolecular Hbond substituents is 1. The summed E-state index contributed by atoms with van der Waals surface area (Å²) in [5.74, 6) is -2.00. The molecule has 0 aliphatic carbocycles. The van der Waals surface area contributed by atoms with Gasteiger partial charge < -0.3 is 19.9 Å². The number of aliphatic hydroxyl groups is 1. The SMILES string of the molecule is Cc1ccc(NC(=O)C[C@](O)(c2ccc(C)o2)C(F)(F)F)c(O)c1. The standard InChI is InChI=1S/C16H16F3NO4/c1-9-3-5-11(12(21)7-9)20-14(22)8-15(23,16(17,18)19)13-6-4-10(2)24-13/h3-7,21,23H,8H2,1-2H3,(H,20,22)/t15-/m0/s1. The van der Waals surface area contributed by atoms with Crippen LogP contribution in [0, 0.1) is 13.8 Å². The lowest BCUT2D eigenvalue weighted by molar-refractivity contribution is -0.272. The predicted octanol–water partition coefficient (Wildman–Crippen LogP) is 3.38. The minimum Gasteiger partial charge on any atom is -0.506 e. The van der Waals surface area contributed by atoms with Gasteiger partial charge in [0.25, 0.3) is 0 Å². The van der Waals surface area contributed by atoms with Gasteiger partial charge in [-0.1, -0.05) is 6.07 Å². The molecule has 5 nitrogen and oxygen atoms in total. The zero-order chi connectivity index (χ0) is 18.1. The van der Waals surface area contributed by atoms with Gasteiger partial charge in [0.1, 0.15) is 17.3 Å². The number of phenols is 1. The lowest BCUT2D eigenvalue weighted by Gasteiger charge is -2.28. The maximum atomic E-state index is 13.3. The summed E-state index contributed by atoms with van der Waals surface area (Å²) in [6, 6.07) is 6.50. The van der Waals surface area contributed by atoms with Gasteiger partial charge in [0.2, 0.25) is 11.5 Å². The first kappa shape index (κ1) is 17.9. The molecule has 1 aromatic carbocycles. The van der Waals surface area contributed by atoms with E-state index in [1.165, 1.54) is 25.1 Å². The smallest absolute Gasteiger partial charge is 0.425 e. The van der Waals surface area contributed by atoms with Crippen LogP contribution in [0.5, 0.6) is 5.75 Å². The first-order valence-electron chi connectivity index (χ1n) is 6.98. The molecular weight excluding hydrogens is 327 g/mol. The van der Waals surface area contributed by atoms with Crippen LogP contribution in [0.1, 0.15) is 23.5 Å². The number of aryl methyl sites for hydroxylation is 2. The molecule has 3 N–H and O–H groups in total. The van der Waals surface area contributed by atoms with Crippen LogP contribution < -0.4 is 5.32 Å². The molecule has 2 aromatic rings. The Hall–Kier alpha value is -2.48. The quantitative estimate of drug-likeness (QED) is 0.743. The Balaban J connectivity index is 2.25. The van der Waals surface area contributed by atoms with Gasteiger partial charge in [-0.2, -0.15) is 13.2 Å². The van der Waals surface area contributed by atoms with Crippen molar-refractivity contribution in [1.82, 2.24) is 0 Å². The number of rotatable bonds is 4. The Morgan fingerprint density at radius 1 is 1.21 bits per heavy atom. The van der Waals surface area contributed by atoms with Crippen LogP contribution in [0.2, 0.25) is 0 Å². The fraction of sp³-hybridized carbons (Fsp3) is 0.312. The van der Waals surface area contributed by atoms with Crippen LogP contribution >= 0.6 is 0 Å². The molecule has 130 valence electrons. The van der Waals surface area contributed by atoms with Crippen molar-refractivity contribution in [2.75, 3.05) is 5.32 Å². The number of alkyl halides is 3. The van der Waals surface area contributed by atoms with Crippen molar-refractivity contribution in [3.05, 3.63) is 47.4 Å². The average molecular weight is 343 g/mol. The molecule has 0 aliphatic rings. The highest BCUT2D eigenvalue weighted by Gasteiger charge is 2.58. The van der Waals surface area contributed by atoms with Crippen molar-refractivity contribution < 1.29 is 32.6 Å². The summed E-state index contributed by atoms with van der Waals surface area (Å²) in [4.78, 5) is 12.0. The van der Waals surface area contributed by atoms with Gasteiger partial charge in [0.05, 0.1) is 12.1 Å². The number of amides is 1. The van der Waals surface area contributed by atoms with E-state index in [0.717, 1.165) is 6.07 Å². The number of carbonyl (C=O) groups is 1. The number of nitrogens with one attached hydrogen (secondary N) is 1. The van der Waals surface area contributed by atoms with Gasteiger partial charge in [-0.25, -0.2) is 0 Å². The fourth-order valence-corrected chi connectivity index (χ4v) is 2.16. The highest BCUT2D eigenvalue weighted by molar-refractivity contribution is 5.93. The Morgan fingerprint density at radius 3 is 2.38 bits per heavy atom. The predicted molar refractivity (Wildman–Crippen MR) is 79.5 cm³/mol. The van der Waals surface area contributed by atoms with Crippen molar-refractivity contribution in [3.8, 4) is 5.75 Å². The highest BCUT2D eigenvalue weighted by Crippen LogP contribution is 2.42. The minimum atomic E-state index is -5.12. The molecule has 0 unspecified atom stereocenters. The van der Waals surface area contributed by atoms with Crippen LogP contribution in [-0.4, -0.2) is 22.3 Å². The molecule has 24 heavy (non-hydrogen) atoms. The summed E-state index contributed by atoms with van der Waals surface area (Å²) in [6.07, 6.45) is -6.43. The Kier molecular flexibility index (Phi) is 4.61. The monoisotopic (exact) mass is 343 g/mol. The number of furan rings is 1. The van der Waals surface area contributed by atoms with Crippen LogP contribution in [-0.2, 0) is 10.4 Å². The third-order valence-electron chi connectivity index (χ3n) is 3.46. The zero-order valence-corrected chi connectivity index (χ0v) is 12.9. The molecule has 1 atom stereocenters. The summed E-state index contributed by atoms with van der Waals surface area (Å²) in [7, 11) is 0. The summed E-state index contributed by atoms with van der Waals surface area (Å²) in [5, 5.41) is 21.9. The molecule has 0 saturated heterocycles. The van der Waals surface area contributed by atoms with E-state index in [1.807, 2.05) is 0 Å². The second-order valence-corrected chi connectivity index (χ2v) is 5.51. The fourth-order valence-electron chi connectivity index (χ4n) is 2.16. The molecule has 2 rings (SSSR count). The Morgan fingerprint density at radius 2 is 1.88 bits per heavy atom. The average Bonchev–Trinajstić information content (AvgIpc) is 2.87. The topological polar surface area (TPSA) is 82.7 Å². The molecule has 0 saturated carbocycles. The third kappa shape index (κ3) is 3.53. The van der Waals surface area contributed by atoms with Crippen molar-refractivity contribution in [2.24, 2.45) is 0 Å². The summed E-state index contributed by atoms with van der Waals surface area (Å²) >= 11 is 0. The van der Waals surface area contributed by atoms with E-state index in [-0.39, 0.29) is 17.2 Å². The zero-order valence-electron chi connectivity index (χ0n) is 12.9. The number of anilines is 1. The minimum absolute atomic E-state index is 0.0502. The molecular formula is C16H16F3NO4. The molecule has 0 bridgehead atoms. The first-order valence-corrected chi connectivity index (χ1v) is 6.98. The molecule has 1 aromatic heterocycles. The van der Waals surface area contributed by atoms with Crippen molar-refractivity contribution in [2.45, 2.75) is 32.0 Å². The molecule has 1 amide bonds. The Bertz CT molecular complexity index is 754. The van der Waals surface area contributed by atoms with Crippen LogP contribution in [0.3, 0.4) is 0 Å². The molecule has 8 heteroatoms. The van der Waals surface area contributed by atoms with Gasteiger partial charge in [0, 0.05) is 0 Å². The second kappa shape index (κ2) is 6.20. The molecule has 0 aliphatic heterocycles. The number of aromatic hydroxyl groups is 1. The van der Waals surface area contributed by atoms with E-state index in [4.69, 9.17) is 4.42 Å². The number of halogens is 3. The number of carbonyl (C=O) groups excluding carboxylic acids is 1. The number of benzene rings is 1. The van der Waals surface area contributed by atoms with Crippen molar-refractivity contribution >= 4 is 11.6 Å². The van der Waals surface area contributed by atoms with Gasteiger partial charge in [0.15, 0.2) is 0 Å². The van der Waals surface area contributed by atoms with Crippen LogP contribution in [0.4, 0.5) is 18.9 Å². The van der Waals surface area contributed by atoms with Gasteiger partial charge in [-0.3, -0.25) is 4.79 Å². The van der Waals surface area contributed by atoms with Crippen molar-refractivity contribution in [1.29, 1.82) is 0 Å². The highest BCUT2D eigenvalue weighted by atomic mass is 19.4. The first-order chi connectivity index (χ1) is 11.0. The number of hydrogen-bond acceptors (Lipinski definition) is 4. The largest absolute Gasteiger partial charge is 0.506 e. The van der Waals surface area contributed by atoms with Gasteiger partial charge in [-0.15, -0.1) is 0 Å². The third-order valence-corrected chi connectivity index (χ3v) is 3.46. The Labute approximate surface area is 135 Å². The summed E-state index contributed by atoms with van der Waals surface area (Å²) in [5.41, 5.74) is -2.81. The summed E-state index contributed by atoms with van der Waals surface area (Å²) in [6.45, 7) is 3.12. The van der Waals surface area contributed by atoms with E-state index in [0.29, 0.717) is 5.56 Å². The van der Waals surface area contributed by atoms with E-state index in [9.17, 15) is 28.2 Å². The molecule has 0 radical (unpaired) electrons. The molecule has 0 spiro atoms. The lowest BCUT2D eigenvalue weighted by atomic mass is 9.95. The van der Waals surface area contributed by atoms with Gasteiger partial charge >= 0.3 is 6.18 Å². The normalized spacial score (nSPS) is 14.2. The maximum Gasteiger partial charge on any atom is 0.425 e.